The van der Waals surface area contributed by atoms with E-state index >= 15 is 0 Å². The number of rotatable bonds is 3. The van der Waals surface area contributed by atoms with Crippen LogP contribution >= 0.6 is 11.6 Å². The van der Waals surface area contributed by atoms with Crippen molar-refractivity contribution in [2.45, 2.75) is 19.4 Å². The van der Waals surface area contributed by atoms with E-state index in [1.165, 1.54) is 0 Å². The highest BCUT2D eigenvalue weighted by Crippen LogP contribution is 2.24. The van der Waals surface area contributed by atoms with Gasteiger partial charge in [0.2, 0.25) is 0 Å². The zero-order valence-corrected chi connectivity index (χ0v) is 12.8. The van der Waals surface area contributed by atoms with Gasteiger partial charge in [-0.3, -0.25) is 0 Å². The van der Waals surface area contributed by atoms with Crippen LogP contribution in [-0.4, -0.2) is 14.7 Å². The number of hydrogen-bond donors (Lipinski definition) is 1. The Hall–Kier alpha value is -1.84. The fourth-order valence-corrected chi connectivity index (χ4v) is 2.67. The number of nitrogens with zero attached hydrogens (tertiary/aromatic N) is 2. The molecule has 3 nitrogen and oxygen atoms in total. The maximum atomic E-state index is 10.4. The first kappa shape index (κ1) is 14.1. The number of fused-ring (bicyclic) bond motifs is 1. The lowest BCUT2D eigenvalue weighted by Gasteiger charge is -2.12. The van der Waals surface area contributed by atoms with Gasteiger partial charge in [-0.25, -0.2) is 4.98 Å². The molecular formula is C17H17ClN2O. The molecule has 0 bridgehead atoms. The third-order valence-electron chi connectivity index (χ3n) is 3.84. The standard InChI is InChI=1S/C17H17ClN2O/c1-11-7-8-12(9-13(11)18)16(21)10-17-19-14-5-3-4-6-15(14)20(17)2/h3-9,16,21H,10H2,1-2H3. The lowest BCUT2D eigenvalue weighted by Crippen LogP contribution is -2.07. The molecule has 1 atom stereocenters. The quantitative estimate of drug-likeness (QED) is 0.798. The number of aryl methyl sites for hydroxylation is 2. The average Bonchev–Trinajstić information content (AvgIpc) is 2.79. The van der Waals surface area contributed by atoms with Crippen molar-refractivity contribution in [3.05, 3.63) is 64.4 Å². The number of imidazole rings is 1. The van der Waals surface area contributed by atoms with Gasteiger partial charge in [-0.15, -0.1) is 0 Å². The third kappa shape index (κ3) is 2.67. The fraction of sp³-hybridized carbons (Fsp3) is 0.235. The van der Waals surface area contributed by atoms with Crippen LogP contribution in [0.1, 0.15) is 23.1 Å². The number of benzene rings is 2. The summed E-state index contributed by atoms with van der Waals surface area (Å²) in [6.45, 7) is 1.95. The molecule has 0 aliphatic carbocycles. The maximum Gasteiger partial charge on any atom is 0.112 e. The molecule has 1 unspecified atom stereocenters. The number of hydrogen-bond acceptors (Lipinski definition) is 2. The van der Waals surface area contributed by atoms with E-state index in [0.29, 0.717) is 11.4 Å². The van der Waals surface area contributed by atoms with Crippen molar-refractivity contribution in [1.29, 1.82) is 0 Å². The summed E-state index contributed by atoms with van der Waals surface area (Å²) in [5.74, 6) is 0.861. The van der Waals surface area contributed by atoms with E-state index in [2.05, 4.69) is 4.98 Å². The summed E-state index contributed by atoms with van der Waals surface area (Å²) in [5.41, 5.74) is 3.85. The van der Waals surface area contributed by atoms with Crippen LogP contribution < -0.4 is 0 Å². The van der Waals surface area contributed by atoms with Gasteiger partial charge in [0.15, 0.2) is 0 Å². The van der Waals surface area contributed by atoms with Crippen molar-refractivity contribution in [3.63, 3.8) is 0 Å². The zero-order chi connectivity index (χ0) is 15.0. The van der Waals surface area contributed by atoms with E-state index in [0.717, 1.165) is 28.0 Å². The summed E-state index contributed by atoms with van der Waals surface area (Å²) in [6, 6.07) is 13.6. The van der Waals surface area contributed by atoms with Crippen LogP contribution in [-0.2, 0) is 13.5 Å². The summed E-state index contributed by atoms with van der Waals surface area (Å²) in [6.07, 6.45) is -0.150. The van der Waals surface area contributed by atoms with Crippen molar-refractivity contribution >= 4 is 22.6 Å². The largest absolute Gasteiger partial charge is 0.388 e. The Morgan fingerprint density at radius 3 is 2.71 bits per heavy atom. The fourth-order valence-electron chi connectivity index (χ4n) is 2.49. The molecule has 3 aromatic rings. The van der Waals surface area contributed by atoms with E-state index in [-0.39, 0.29) is 0 Å². The Labute approximate surface area is 128 Å². The topological polar surface area (TPSA) is 38.1 Å². The predicted octanol–water partition coefficient (Wildman–Crippen LogP) is 3.81. The summed E-state index contributed by atoms with van der Waals surface area (Å²) in [7, 11) is 1.97. The SMILES string of the molecule is Cc1ccc(C(O)Cc2nc3ccccc3n2C)cc1Cl. The first-order valence-corrected chi connectivity index (χ1v) is 7.28. The van der Waals surface area contributed by atoms with Crippen LogP contribution in [0, 0.1) is 6.92 Å². The lowest BCUT2D eigenvalue weighted by atomic mass is 10.0. The van der Waals surface area contributed by atoms with E-state index < -0.39 is 6.10 Å². The first-order chi connectivity index (χ1) is 10.1. The number of aromatic nitrogens is 2. The summed E-state index contributed by atoms with van der Waals surface area (Å²) in [5, 5.41) is 11.1. The van der Waals surface area contributed by atoms with E-state index in [9.17, 15) is 5.11 Å². The molecule has 21 heavy (non-hydrogen) atoms. The highest BCUT2D eigenvalue weighted by molar-refractivity contribution is 6.31. The Balaban J connectivity index is 1.90. The van der Waals surface area contributed by atoms with Gasteiger partial charge in [-0.1, -0.05) is 35.9 Å². The van der Waals surface area contributed by atoms with Crippen molar-refractivity contribution < 1.29 is 5.11 Å². The number of halogens is 1. The molecule has 0 saturated heterocycles. The molecule has 0 aliphatic heterocycles. The zero-order valence-electron chi connectivity index (χ0n) is 12.0. The Morgan fingerprint density at radius 1 is 1.24 bits per heavy atom. The number of aliphatic hydroxyl groups excluding tert-OH is 1. The van der Waals surface area contributed by atoms with Gasteiger partial charge in [-0.2, -0.15) is 0 Å². The van der Waals surface area contributed by atoms with Gasteiger partial charge in [0, 0.05) is 18.5 Å². The molecule has 3 rings (SSSR count). The minimum Gasteiger partial charge on any atom is -0.388 e. The van der Waals surface area contributed by atoms with Crippen LogP contribution in [0.15, 0.2) is 42.5 Å². The van der Waals surface area contributed by atoms with Crippen LogP contribution in [0.4, 0.5) is 0 Å². The molecule has 108 valence electrons. The second-order valence-electron chi connectivity index (χ2n) is 5.30. The molecule has 4 heteroatoms. The molecule has 0 spiro atoms. The molecule has 0 saturated carbocycles. The predicted molar refractivity (Wildman–Crippen MR) is 85.6 cm³/mol. The molecule has 0 fully saturated rings. The third-order valence-corrected chi connectivity index (χ3v) is 4.24. The van der Waals surface area contributed by atoms with Gasteiger partial charge in [0.1, 0.15) is 5.82 Å². The summed E-state index contributed by atoms with van der Waals surface area (Å²) in [4.78, 5) is 4.59. The van der Waals surface area contributed by atoms with Crippen LogP contribution in [0.3, 0.4) is 0 Å². The van der Waals surface area contributed by atoms with E-state index in [1.807, 2.05) is 61.0 Å². The molecule has 1 N–H and O–H groups in total. The van der Waals surface area contributed by atoms with Crippen molar-refractivity contribution in [1.82, 2.24) is 9.55 Å². The molecule has 2 aromatic carbocycles. The van der Waals surface area contributed by atoms with Gasteiger partial charge in [-0.05, 0) is 36.2 Å². The van der Waals surface area contributed by atoms with Gasteiger partial charge >= 0.3 is 0 Å². The number of para-hydroxylation sites is 2. The maximum absolute atomic E-state index is 10.4. The van der Waals surface area contributed by atoms with Crippen molar-refractivity contribution in [2.75, 3.05) is 0 Å². The number of aliphatic hydroxyl groups is 1. The van der Waals surface area contributed by atoms with Gasteiger partial charge in [0.25, 0.3) is 0 Å². The molecule has 1 aromatic heterocycles. The average molecular weight is 301 g/mol. The van der Waals surface area contributed by atoms with Crippen LogP contribution in [0.2, 0.25) is 5.02 Å². The summed E-state index contributed by atoms with van der Waals surface area (Å²) >= 11 is 6.12. The van der Waals surface area contributed by atoms with Crippen LogP contribution in [0.5, 0.6) is 0 Å². The summed E-state index contributed by atoms with van der Waals surface area (Å²) < 4.78 is 2.02. The van der Waals surface area contributed by atoms with Gasteiger partial charge in [0.05, 0.1) is 17.1 Å². The second-order valence-corrected chi connectivity index (χ2v) is 5.71. The Kier molecular flexibility index (Phi) is 3.70. The van der Waals surface area contributed by atoms with Crippen molar-refractivity contribution in [3.8, 4) is 0 Å². The molecule has 0 aliphatic rings. The lowest BCUT2D eigenvalue weighted by molar-refractivity contribution is 0.175. The normalized spacial score (nSPS) is 12.8. The molecule has 1 heterocycles. The second kappa shape index (κ2) is 5.51. The smallest absolute Gasteiger partial charge is 0.112 e. The molecule has 0 radical (unpaired) electrons. The monoisotopic (exact) mass is 300 g/mol. The van der Waals surface area contributed by atoms with Crippen molar-refractivity contribution in [2.24, 2.45) is 7.05 Å². The van der Waals surface area contributed by atoms with Gasteiger partial charge < -0.3 is 9.67 Å². The minimum atomic E-state index is -0.612. The Bertz CT molecular complexity index is 795. The molecule has 0 amide bonds. The first-order valence-electron chi connectivity index (χ1n) is 6.90. The Morgan fingerprint density at radius 2 is 2.00 bits per heavy atom. The van der Waals surface area contributed by atoms with E-state index in [1.54, 1.807) is 0 Å². The highest BCUT2D eigenvalue weighted by Gasteiger charge is 2.14. The molecular weight excluding hydrogens is 284 g/mol. The van der Waals surface area contributed by atoms with Crippen LogP contribution in [0.25, 0.3) is 11.0 Å². The van der Waals surface area contributed by atoms with E-state index in [4.69, 9.17) is 11.6 Å². The minimum absolute atomic E-state index is 0.463. The highest BCUT2D eigenvalue weighted by atomic mass is 35.5.